The number of aromatic nitrogens is 2. The standard InChI is InChI=1S/C17H17N3O/c1-12(18-11-13-7-3-2-4-8-13)16-19-15-10-6-5-9-14(15)17(21)20-16/h2-10,12,18H,11H2,1H3,(H,19,20,21)/t12-/m0/s1. The van der Waals surface area contributed by atoms with Crippen LogP contribution < -0.4 is 10.9 Å². The van der Waals surface area contributed by atoms with Gasteiger partial charge >= 0.3 is 0 Å². The fourth-order valence-corrected chi connectivity index (χ4v) is 2.27. The highest BCUT2D eigenvalue weighted by Gasteiger charge is 2.10. The first-order valence-corrected chi connectivity index (χ1v) is 7.00. The Labute approximate surface area is 122 Å². The van der Waals surface area contributed by atoms with Crippen molar-refractivity contribution in [2.75, 3.05) is 0 Å². The average molecular weight is 279 g/mol. The number of H-pyrrole nitrogens is 1. The largest absolute Gasteiger partial charge is 0.309 e. The molecule has 0 radical (unpaired) electrons. The lowest BCUT2D eigenvalue weighted by atomic mass is 10.2. The Morgan fingerprint density at radius 1 is 1.10 bits per heavy atom. The average Bonchev–Trinajstić information content (AvgIpc) is 2.53. The Morgan fingerprint density at radius 3 is 2.62 bits per heavy atom. The number of aromatic amines is 1. The second-order valence-corrected chi connectivity index (χ2v) is 5.06. The van der Waals surface area contributed by atoms with Crippen LogP contribution in [-0.4, -0.2) is 9.97 Å². The molecule has 0 unspecified atom stereocenters. The van der Waals surface area contributed by atoms with Gasteiger partial charge in [0.15, 0.2) is 0 Å². The van der Waals surface area contributed by atoms with Gasteiger partial charge in [-0.1, -0.05) is 42.5 Å². The van der Waals surface area contributed by atoms with E-state index in [-0.39, 0.29) is 11.6 Å². The first kappa shape index (κ1) is 13.5. The summed E-state index contributed by atoms with van der Waals surface area (Å²) in [7, 11) is 0. The Bertz CT molecular complexity index is 796. The third-order valence-corrected chi connectivity index (χ3v) is 3.50. The summed E-state index contributed by atoms with van der Waals surface area (Å²) in [6.45, 7) is 2.73. The lowest BCUT2D eigenvalue weighted by Crippen LogP contribution is -2.23. The van der Waals surface area contributed by atoms with Crippen molar-refractivity contribution in [2.45, 2.75) is 19.5 Å². The molecule has 3 rings (SSSR count). The predicted octanol–water partition coefficient (Wildman–Crippen LogP) is 2.77. The molecule has 3 aromatic rings. The number of fused-ring (bicyclic) bond motifs is 1. The molecule has 0 spiro atoms. The second-order valence-electron chi connectivity index (χ2n) is 5.06. The van der Waals surface area contributed by atoms with Gasteiger partial charge in [-0.15, -0.1) is 0 Å². The van der Waals surface area contributed by atoms with Crippen LogP contribution >= 0.6 is 0 Å². The predicted molar refractivity (Wildman–Crippen MR) is 84.1 cm³/mol. The van der Waals surface area contributed by atoms with Crippen LogP contribution in [0, 0.1) is 0 Å². The van der Waals surface area contributed by atoms with E-state index in [0.29, 0.717) is 11.2 Å². The van der Waals surface area contributed by atoms with Gasteiger partial charge in [0.05, 0.1) is 16.9 Å². The normalized spacial score (nSPS) is 12.4. The zero-order valence-corrected chi connectivity index (χ0v) is 11.8. The quantitative estimate of drug-likeness (QED) is 0.772. The van der Waals surface area contributed by atoms with Crippen LogP contribution in [0.25, 0.3) is 10.9 Å². The summed E-state index contributed by atoms with van der Waals surface area (Å²) in [4.78, 5) is 19.4. The number of nitrogens with zero attached hydrogens (tertiary/aromatic N) is 1. The smallest absolute Gasteiger partial charge is 0.258 e. The van der Waals surface area contributed by atoms with Gasteiger partial charge in [0.2, 0.25) is 0 Å². The van der Waals surface area contributed by atoms with Gasteiger partial charge in [0.1, 0.15) is 5.82 Å². The van der Waals surface area contributed by atoms with E-state index in [1.807, 2.05) is 43.3 Å². The molecule has 0 fully saturated rings. The molecule has 1 heterocycles. The maximum absolute atomic E-state index is 12.1. The summed E-state index contributed by atoms with van der Waals surface area (Å²) in [5, 5.41) is 4.00. The lowest BCUT2D eigenvalue weighted by molar-refractivity contribution is 0.546. The fourth-order valence-electron chi connectivity index (χ4n) is 2.27. The molecule has 4 heteroatoms. The first-order chi connectivity index (χ1) is 10.2. The van der Waals surface area contributed by atoms with Crippen molar-refractivity contribution >= 4 is 10.9 Å². The molecule has 2 N–H and O–H groups in total. The number of nitrogens with one attached hydrogen (secondary N) is 2. The zero-order valence-electron chi connectivity index (χ0n) is 11.8. The zero-order chi connectivity index (χ0) is 14.7. The highest BCUT2D eigenvalue weighted by atomic mass is 16.1. The summed E-state index contributed by atoms with van der Waals surface area (Å²) in [5.41, 5.74) is 1.83. The van der Waals surface area contributed by atoms with Crippen molar-refractivity contribution < 1.29 is 0 Å². The molecule has 0 saturated carbocycles. The monoisotopic (exact) mass is 279 g/mol. The van der Waals surface area contributed by atoms with Crippen LogP contribution in [0.1, 0.15) is 24.4 Å². The Kier molecular flexibility index (Phi) is 3.79. The molecule has 0 saturated heterocycles. The van der Waals surface area contributed by atoms with Crippen LogP contribution in [0.4, 0.5) is 0 Å². The molecule has 0 bridgehead atoms. The summed E-state index contributed by atoms with van der Waals surface area (Å²) in [6.07, 6.45) is 0. The maximum Gasteiger partial charge on any atom is 0.258 e. The second kappa shape index (κ2) is 5.89. The van der Waals surface area contributed by atoms with Gasteiger partial charge in [0.25, 0.3) is 5.56 Å². The number of benzene rings is 2. The van der Waals surface area contributed by atoms with Crippen molar-refractivity contribution in [3.8, 4) is 0 Å². The van der Waals surface area contributed by atoms with Crippen molar-refractivity contribution in [1.82, 2.24) is 15.3 Å². The Balaban J connectivity index is 1.81. The lowest BCUT2D eigenvalue weighted by Gasteiger charge is -2.13. The van der Waals surface area contributed by atoms with E-state index in [0.717, 1.165) is 12.1 Å². The highest BCUT2D eigenvalue weighted by molar-refractivity contribution is 5.77. The van der Waals surface area contributed by atoms with Crippen molar-refractivity contribution in [2.24, 2.45) is 0 Å². The molecule has 0 aliphatic heterocycles. The third-order valence-electron chi connectivity index (χ3n) is 3.50. The molecule has 1 atom stereocenters. The summed E-state index contributed by atoms with van der Waals surface area (Å²) < 4.78 is 0. The van der Waals surface area contributed by atoms with Crippen LogP contribution in [-0.2, 0) is 6.54 Å². The van der Waals surface area contributed by atoms with E-state index < -0.39 is 0 Å². The van der Waals surface area contributed by atoms with E-state index >= 15 is 0 Å². The van der Waals surface area contributed by atoms with E-state index in [4.69, 9.17) is 0 Å². The van der Waals surface area contributed by atoms with Gasteiger partial charge in [-0.3, -0.25) is 4.79 Å². The SMILES string of the molecule is C[C@H](NCc1ccccc1)c1nc2ccccc2c(=O)[nH]1. The van der Waals surface area contributed by atoms with E-state index in [1.54, 1.807) is 6.07 Å². The molecule has 21 heavy (non-hydrogen) atoms. The van der Waals surface area contributed by atoms with Crippen LogP contribution in [0.2, 0.25) is 0 Å². The molecule has 2 aromatic carbocycles. The van der Waals surface area contributed by atoms with E-state index in [9.17, 15) is 4.79 Å². The number of para-hydroxylation sites is 1. The minimum Gasteiger partial charge on any atom is -0.309 e. The van der Waals surface area contributed by atoms with Gasteiger partial charge < -0.3 is 10.3 Å². The third kappa shape index (κ3) is 3.01. The van der Waals surface area contributed by atoms with Gasteiger partial charge in [-0.2, -0.15) is 0 Å². The van der Waals surface area contributed by atoms with E-state index in [2.05, 4.69) is 27.4 Å². The first-order valence-electron chi connectivity index (χ1n) is 7.00. The van der Waals surface area contributed by atoms with Crippen molar-refractivity contribution in [1.29, 1.82) is 0 Å². The number of hydrogen-bond donors (Lipinski definition) is 2. The number of hydrogen-bond acceptors (Lipinski definition) is 3. The molecule has 0 aliphatic rings. The Hall–Kier alpha value is -2.46. The summed E-state index contributed by atoms with van der Waals surface area (Å²) >= 11 is 0. The molecular weight excluding hydrogens is 262 g/mol. The van der Waals surface area contributed by atoms with Gasteiger partial charge in [-0.25, -0.2) is 4.98 Å². The topological polar surface area (TPSA) is 57.8 Å². The van der Waals surface area contributed by atoms with Crippen molar-refractivity contribution in [3.05, 3.63) is 76.3 Å². The summed E-state index contributed by atoms with van der Waals surface area (Å²) in [6, 6.07) is 17.5. The van der Waals surface area contributed by atoms with Gasteiger partial charge in [-0.05, 0) is 24.6 Å². The van der Waals surface area contributed by atoms with Crippen molar-refractivity contribution in [3.63, 3.8) is 0 Å². The molecular formula is C17H17N3O. The van der Waals surface area contributed by atoms with Crippen LogP contribution in [0.15, 0.2) is 59.4 Å². The van der Waals surface area contributed by atoms with Gasteiger partial charge in [0, 0.05) is 6.54 Å². The fraction of sp³-hybridized carbons (Fsp3) is 0.176. The molecule has 0 aliphatic carbocycles. The van der Waals surface area contributed by atoms with Crippen LogP contribution in [0.3, 0.4) is 0 Å². The Morgan fingerprint density at radius 2 is 1.81 bits per heavy atom. The van der Waals surface area contributed by atoms with Crippen LogP contribution in [0.5, 0.6) is 0 Å². The highest BCUT2D eigenvalue weighted by Crippen LogP contribution is 2.11. The molecule has 4 nitrogen and oxygen atoms in total. The minimum absolute atomic E-state index is 0.0255. The molecule has 1 aromatic heterocycles. The minimum atomic E-state index is -0.0936. The molecule has 106 valence electrons. The molecule has 0 amide bonds. The number of rotatable bonds is 4. The van der Waals surface area contributed by atoms with E-state index in [1.165, 1.54) is 5.56 Å². The maximum atomic E-state index is 12.1. The summed E-state index contributed by atoms with van der Waals surface area (Å²) in [5.74, 6) is 0.662.